The van der Waals surface area contributed by atoms with E-state index in [9.17, 15) is 18.4 Å². The van der Waals surface area contributed by atoms with E-state index in [0.29, 0.717) is 13.2 Å². The molecule has 1 aromatic rings. The van der Waals surface area contributed by atoms with Crippen molar-refractivity contribution in [2.45, 2.75) is 25.4 Å². The molecule has 1 heterocycles. The van der Waals surface area contributed by atoms with Crippen LogP contribution in [0, 0.1) is 11.6 Å². The number of halogens is 2. The second-order valence-electron chi connectivity index (χ2n) is 5.71. The van der Waals surface area contributed by atoms with Gasteiger partial charge in [-0.05, 0) is 31.1 Å². The van der Waals surface area contributed by atoms with Crippen LogP contribution in [0.4, 0.5) is 8.78 Å². The van der Waals surface area contributed by atoms with E-state index < -0.39 is 23.5 Å². The first kappa shape index (κ1) is 19.1. The standard InChI is InChI=1S/C18H21F2NO4/c1-24-18(23)9-10-21(12-13-4-3-11-25-13)17(22)8-7-14-15(19)5-2-6-16(14)20/h2,5-8,13H,3-4,9-12H2,1H3/b8-7+. The number of hydrogen-bond donors (Lipinski definition) is 0. The molecule has 0 spiro atoms. The Bertz CT molecular complexity index is 622. The zero-order valence-electron chi connectivity index (χ0n) is 14.0. The Morgan fingerprint density at radius 2 is 2.08 bits per heavy atom. The molecule has 0 aromatic heterocycles. The minimum absolute atomic E-state index is 0.0386. The molecule has 25 heavy (non-hydrogen) atoms. The maximum atomic E-state index is 13.6. The Balaban J connectivity index is 2.07. The van der Waals surface area contributed by atoms with Crippen molar-refractivity contribution in [3.05, 3.63) is 41.5 Å². The molecule has 1 unspecified atom stereocenters. The van der Waals surface area contributed by atoms with Gasteiger partial charge in [0.2, 0.25) is 5.91 Å². The number of carbonyl (C=O) groups is 2. The highest BCUT2D eigenvalue weighted by Crippen LogP contribution is 2.16. The Kier molecular flexibility index (Phi) is 7.06. The number of ether oxygens (including phenoxy) is 2. The Morgan fingerprint density at radius 3 is 2.68 bits per heavy atom. The summed E-state index contributed by atoms with van der Waals surface area (Å²) in [5.41, 5.74) is -0.277. The smallest absolute Gasteiger partial charge is 0.307 e. The Hall–Kier alpha value is -2.28. The molecule has 0 bridgehead atoms. The molecule has 1 aliphatic rings. The van der Waals surface area contributed by atoms with Crippen LogP contribution < -0.4 is 0 Å². The van der Waals surface area contributed by atoms with Gasteiger partial charge >= 0.3 is 5.97 Å². The topological polar surface area (TPSA) is 55.8 Å². The fourth-order valence-electron chi connectivity index (χ4n) is 2.58. The van der Waals surface area contributed by atoms with E-state index in [4.69, 9.17) is 4.74 Å². The van der Waals surface area contributed by atoms with Crippen LogP contribution in [0.1, 0.15) is 24.8 Å². The molecular formula is C18H21F2NO4. The molecule has 0 aliphatic carbocycles. The van der Waals surface area contributed by atoms with E-state index >= 15 is 0 Å². The molecule has 0 radical (unpaired) electrons. The highest BCUT2D eigenvalue weighted by Gasteiger charge is 2.22. The average Bonchev–Trinajstić information content (AvgIpc) is 3.10. The Labute approximate surface area is 145 Å². The predicted octanol–water partition coefficient (Wildman–Crippen LogP) is 2.55. The van der Waals surface area contributed by atoms with Gasteiger partial charge in [0, 0.05) is 31.3 Å². The highest BCUT2D eigenvalue weighted by atomic mass is 19.1. The van der Waals surface area contributed by atoms with Gasteiger partial charge in [0.25, 0.3) is 0 Å². The molecule has 0 N–H and O–H groups in total. The van der Waals surface area contributed by atoms with Gasteiger partial charge in [0.1, 0.15) is 11.6 Å². The SMILES string of the molecule is COC(=O)CCN(CC1CCCO1)C(=O)/C=C/c1c(F)cccc1F. The van der Waals surface area contributed by atoms with Crippen LogP contribution in [0.5, 0.6) is 0 Å². The molecule has 2 rings (SSSR count). The number of nitrogens with zero attached hydrogens (tertiary/aromatic N) is 1. The summed E-state index contributed by atoms with van der Waals surface area (Å²) in [5, 5.41) is 0. The van der Waals surface area contributed by atoms with E-state index in [1.54, 1.807) is 0 Å². The van der Waals surface area contributed by atoms with E-state index in [-0.39, 0.29) is 24.6 Å². The highest BCUT2D eigenvalue weighted by molar-refractivity contribution is 5.92. The van der Waals surface area contributed by atoms with Crippen LogP contribution in [-0.2, 0) is 19.1 Å². The van der Waals surface area contributed by atoms with Gasteiger partial charge < -0.3 is 14.4 Å². The first-order valence-corrected chi connectivity index (χ1v) is 8.10. The first-order chi connectivity index (χ1) is 12.0. The van der Waals surface area contributed by atoms with Gasteiger partial charge in [-0.2, -0.15) is 0 Å². The molecular weight excluding hydrogens is 332 g/mol. The maximum Gasteiger partial charge on any atom is 0.307 e. The van der Waals surface area contributed by atoms with Gasteiger partial charge in [-0.1, -0.05) is 6.07 Å². The minimum atomic E-state index is -0.746. The average molecular weight is 353 g/mol. The monoisotopic (exact) mass is 353 g/mol. The van der Waals surface area contributed by atoms with Crippen molar-refractivity contribution >= 4 is 18.0 Å². The number of esters is 1. The van der Waals surface area contributed by atoms with Gasteiger partial charge in [-0.25, -0.2) is 8.78 Å². The van der Waals surface area contributed by atoms with Crippen LogP contribution in [0.3, 0.4) is 0 Å². The maximum absolute atomic E-state index is 13.6. The minimum Gasteiger partial charge on any atom is -0.469 e. The normalized spacial score (nSPS) is 17.0. The molecule has 7 heteroatoms. The number of methoxy groups -OCH3 is 1. The van der Waals surface area contributed by atoms with E-state index in [0.717, 1.165) is 37.1 Å². The molecule has 1 amide bonds. The molecule has 1 fully saturated rings. The quantitative estimate of drug-likeness (QED) is 0.558. The number of amides is 1. The summed E-state index contributed by atoms with van der Waals surface area (Å²) in [6.45, 7) is 1.11. The zero-order valence-corrected chi connectivity index (χ0v) is 14.0. The van der Waals surface area contributed by atoms with Crippen LogP contribution in [0.15, 0.2) is 24.3 Å². The third kappa shape index (κ3) is 5.63. The largest absolute Gasteiger partial charge is 0.469 e. The number of benzene rings is 1. The van der Waals surface area contributed by atoms with Crippen molar-refractivity contribution < 1.29 is 27.8 Å². The summed E-state index contributed by atoms with van der Waals surface area (Å²) in [5.74, 6) is -2.37. The van der Waals surface area contributed by atoms with Crippen molar-refractivity contribution in [1.82, 2.24) is 4.90 Å². The van der Waals surface area contributed by atoms with E-state index in [1.807, 2.05) is 0 Å². The van der Waals surface area contributed by atoms with Crippen LogP contribution in [0.2, 0.25) is 0 Å². The van der Waals surface area contributed by atoms with Gasteiger partial charge in [-0.3, -0.25) is 9.59 Å². The molecule has 1 atom stereocenters. The van der Waals surface area contributed by atoms with E-state index in [2.05, 4.69) is 4.74 Å². The summed E-state index contributed by atoms with van der Waals surface area (Å²) < 4.78 is 37.4. The van der Waals surface area contributed by atoms with E-state index in [1.165, 1.54) is 18.1 Å². The van der Waals surface area contributed by atoms with Crippen molar-refractivity contribution in [3.63, 3.8) is 0 Å². The molecule has 5 nitrogen and oxygen atoms in total. The lowest BCUT2D eigenvalue weighted by molar-refractivity contribution is -0.141. The van der Waals surface area contributed by atoms with Gasteiger partial charge in [0.05, 0.1) is 19.6 Å². The lowest BCUT2D eigenvalue weighted by atomic mass is 10.1. The molecule has 0 saturated carbocycles. The number of carbonyl (C=O) groups excluding carboxylic acids is 2. The summed E-state index contributed by atoms with van der Waals surface area (Å²) in [6, 6.07) is 3.49. The van der Waals surface area contributed by atoms with Crippen molar-refractivity contribution in [2.24, 2.45) is 0 Å². The zero-order chi connectivity index (χ0) is 18.2. The fraction of sp³-hybridized carbons (Fsp3) is 0.444. The van der Waals surface area contributed by atoms with Crippen molar-refractivity contribution in [3.8, 4) is 0 Å². The third-order valence-electron chi connectivity index (χ3n) is 3.97. The molecule has 1 aliphatic heterocycles. The summed E-state index contributed by atoms with van der Waals surface area (Å²) >= 11 is 0. The predicted molar refractivity (Wildman–Crippen MR) is 87.6 cm³/mol. The van der Waals surface area contributed by atoms with Gasteiger partial charge in [-0.15, -0.1) is 0 Å². The lowest BCUT2D eigenvalue weighted by Gasteiger charge is -2.24. The third-order valence-corrected chi connectivity index (χ3v) is 3.97. The fourth-order valence-corrected chi connectivity index (χ4v) is 2.58. The second-order valence-corrected chi connectivity index (χ2v) is 5.71. The van der Waals surface area contributed by atoms with Crippen LogP contribution >= 0.6 is 0 Å². The summed E-state index contributed by atoms with van der Waals surface area (Å²) in [7, 11) is 1.27. The number of rotatable bonds is 7. The lowest BCUT2D eigenvalue weighted by Crippen LogP contribution is -2.38. The first-order valence-electron chi connectivity index (χ1n) is 8.10. The second kappa shape index (κ2) is 9.27. The summed E-state index contributed by atoms with van der Waals surface area (Å²) in [4.78, 5) is 25.2. The molecule has 136 valence electrons. The number of hydrogen-bond acceptors (Lipinski definition) is 4. The van der Waals surface area contributed by atoms with Crippen molar-refractivity contribution in [2.75, 3.05) is 26.8 Å². The van der Waals surface area contributed by atoms with Crippen LogP contribution in [-0.4, -0.2) is 49.7 Å². The van der Waals surface area contributed by atoms with Crippen molar-refractivity contribution in [1.29, 1.82) is 0 Å². The van der Waals surface area contributed by atoms with Gasteiger partial charge in [0.15, 0.2) is 0 Å². The summed E-state index contributed by atoms with van der Waals surface area (Å²) in [6.07, 6.45) is 3.89. The van der Waals surface area contributed by atoms with Crippen LogP contribution in [0.25, 0.3) is 6.08 Å². The molecule has 1 aromatic carbocycles. The Morgan fingerprint density at radius 1 is 1.36 bits per heavy atom. The molecule has 1 saturated heterocycles.